The van der Waals surface area contributed by atoms with Crippen LogP contribution < -0.4 is 14.8 Å². The number of hydrogen-bond donors (Lipinski definition) is 1. The average molecular weight is 286 g/mol. The predicted octanol–water partition coefficient (Wildman–Crippen LogP) is 2.96. The molecule has 1 aromatic heterocycles. The van der Waals surface area contributed by atoms with E-state index in [1.165, 1.54) is 5.56 Å². The van der Waals surface area contributed by atoms with Crippen LogP contribution in [0.15, 0.2) is 42.6 Å². The molecule has 0 amide bonds. The Kier molecular flexibility index (Phi) is 6.03. The summed E-state index contributed by atoms with van der Waals surface area (Å²) in [6.07, 6.45) is 1.82. The molecule has 0 atom stereocenters. The molecular weight excluding hydrogens is 264 g/mol. The van der Waals surface area contributed by atoms with Crippen molar-refractivity contribution in [3.05, 3.63) is 53.9 Å². The van der Waals surface area contributed by atoms with Crippen molar-refractivity contribution in [1.82, 2.24) is 10.3 Å². The molecule has 4 nitrogen and oxygen atoms in total. The maximum Gasteiger partial charge on any atom is 0.161 e. The van der Waals surface area contributed by atoms with Gasteiger partial charge in [0.1, 0.15) is 6.61 Å². The number of para-hydroxylation sites is 2. The van der Waals surface area contributed by atoms with Gasteiger partial charge >= 0.3 is 0 Å². The fourth-order valence-electron chi connectivity index (χ4n) is 1.99. The molecule has 0 aliphatic carbocycles. The van der Waals surface area contributed by atoms with E-state index in [0.29, 0.717) is 13.2 Å². The second kappa shape index (κ2) is 8.27. The Balaban J connectivity index is 1.74. The largest absolute Gasteiger partial charge is 0.490 e. The van der Waals surface area contributed by atoms with Crippen molar-refractivity contribution < 1.29 is 9.47 Å². The van der Waals surface area contributed by atoms with Crippen LogP contribution in [-0.4, -0.2) is 24.7 Å². The summed E-state index contributed by atoms with van der Waals surface area (Å²) < 4.78 is 11.3. The van der Waals surface area contributed by atoms with Gasteiger partial charge in [-0.2, -0.15) is 0 Å². The first-order valence-electron chi connectivity index (χ1n) is 7.27. The molecule has 0 radical (unpaired) electrons. The minimum atomic E-state index is 0.593. The molecule has 2 aromatic rings. The molecule has 0 fully saturated rings. The Morgan fingerprint density at radius 1 is 1.05 bits per heavy atom. The smallest absolute Gasteiger partial charge is 0.161 e. The second-order valence-electron chi connectivity index (χ2n) is 4.67. The number of nitrogens with one attached hydrogen (secondary N) is 1. The maximum atomic E-state index is 5.75. The van der Waals surface area contributed by atoms with Crippen molar-refractivity contribution in [2.24, 2.45) is 0 Å². The molecule has 0 aliphatic rings. The minimum absolute atomic E-state index is 0.593. The summed E-state index contributed by atoms with van der Waals surface area (Å²) in [6.45, 7) is 6.78. The normalized spacial score (nSPS) is 10.4. The summed E-state index contributed by atoms with van der Waals surface area (Å²) in [5, 5.41) is 3.34. The third kappa shape index (κ3) is 4.76. The van der Waals surface area contributed by atoms with E-state index in [0.717, 1.165) is 30.3 Å². The number of hydrogen-bond acceptors (Lipinski definition) is 4. The van der Waals surface area contributed by atoms with Crippen molar-refractivity contribution in [3.63, 3.8) is 0 Å². The first kappa shape index (κ1) is 15.3. The summed E-state index contributed by atoms with van der Waals surface area (Å²) in [6, 6.07) is 11.8. The summed E-state index contributed by atoms with van der Waals surface area (Å²) in [5.74, 6) is 1.58. The molecule has 2 rings (SSSR count). The molecule has 1 N–H and O–H groups in total. The van der Waals surface area contributed by atoms with Gasteiger partial charge in [-0.25, -0.2) is 0 Å². The van der Waals surface area contributed by atoms with Crippen molar-refractivity contribution in [1.29, 1.82) is 0 Å². The zero-order valence-electron chi connectivity index (χ0n) is 12.6. The molecule has 0 spiro atoms. The van der Waals surface area contributed by atoms with E-state index >= 15 is 0 Å². The number of ether oxygens (including phenoxy) is 2. The first-order valence-corrected chi connectivity index (χ1v) is 7.27. The van der Waals surface area contributed by atoms with Gasteiger partial charge in [-0.1, -0.05) is 18.2 Å². The van der Waals surface area contributed by atoms with E-state index in [2.05, 4.69) is 23.3 Å². The SMILES string of the molecule is CCOc1ccccc1OCCNCc1ncccc1C. The van der Waals surface area contributed by atoms with E-state index in [1.54, 1.807) is 0 Å². The molecule has 1 heterocycles. The van der Waals surface area contributed by atoms with Gasteiger partial charge in [0.25, 0.3) is 0 Å². The molecule has 4 heteroatoms. The van der Waals surface area contributed by atoms with E-state index < -0.39 is 0 Å². The number of pyridine rings is 1. The molecule has 0 saturated carbocycles. The Morgan fingerprint density at radius 3 is 2.52 bits per heavy atom. The van der Waals surface area contributed by atoms with E-state index in [1.807, 2.05) is 43.5 Å². The van der Waals surface area contributed by atoms with Gasteiger partial charge in [0.15, 0.2) is 11.5 Å². The molecule has 0 unspecified atom stereocenters. The molecule has 21 heavy (non-hydrogen) atoms. The van der Waals surface area contributed by atoms with Crippen LogP contribution in [0.25, 0.3) is 0 Å². The Labute approximate surface area is 126 Å². The number of benzene rings is 1. The number of aryl methyl sites for hydroxylation is 1. The topological polar surface area (TPSA) is 43.4 Å². The maximum absolute atomic E-state index is 5.75. The highest BCUT2D eigenvalue weighted by Gasteiger charge is 2.03. The van der Waals surface area contributed by atoms with E-state index in [4.69, 9.17) is 9.47 Å². The number of aromatic nitrogens is 1. The van der Waals surface area contributed by atoms with Crippen LogP contribution in [-0.2, 0) is 6.54 Å². The van der Waals surface area contributed by atoms with Crippen LogP contribution in [0.3, 0.4) is 0 Å². The fraction of sp³-hybridized carbons (Fsp3) is 0.353. The van der Waals surface area contributed by atoms with Crippen LogP contribution in [0.1, 0.15) is 18.2 Å². The van der Waals surface area contributed by atoms with Crippen molar-refractivity contribution in [2.75, 3.05) is 19.8 Å². The predicted molar refractivity (Wildman–Crippen MR) is 83.8 cm³/mol. The lowest BCUT2D eigenvalue weighted by Gasteiger charge is -2.12. The molecule has 0 saturated heterocycles. The third-order valence-electron chi connectivity index (χ3n) is 3.10. The Hall–Kier alpha value is -2.07. The Morgan fingerprint density at radius 2 is 1.81 bits per heavy atom. The van der Waals surface area contributed by atoms with Gasteiger partial charge in [-0.3, -0.25) is 4.98 Å². The van der Waals surface area contributed by atoms with Crippen LogP contribution in [0.2, 0.25) is 0 Å². The van der Waals surface area contributed by atoms with E-state index in [9.17, 15) is 0 Å². The summed E-state index contributed by atoms with van der Waals surface area (Å²) in [4.78, 5) is 4.35. The lowest BCUT2D eigenvalue weighted by molar-refractivity contribution is 0.275. The van der Waals surface area contributed by atoms with Gasteiger partial charge in [-0.05, 0) is 37.6 Å². The standard InChI is InChI=1S/C17H22N2O2/c1-3-20-16-8-4-5-9-17(16)21-12-11-18-13-15-14(2)7-6-10-19-15/h4-10,18H,3,11-13H2,1-2H3. The van der Waals surface area contributed by atoms with Gasteiger partial charge < -0.3 is 14.8 Å². The molecule has 112 valence electrons. The molecule has 1 aromatic carbocycles. The quantitative estimate of drug-likeness (QED) is 0.758. The average Bonchev–Trinajstić information content (AvgIpc) is 2.50. The van der Waals surface area contributed by atoms with Crippen LogP contribution in [0.5, 0.6) is 11.5 Å². The fourth-order valence-corrected chi connectivity index (χ4v) is 1.99. The zero-order valence-corrected chi connectivity index (χ0v) is 12.6. The van der Waals surface area contributed by atoms with Gasteiger partial charge in [0.05, 0.1) is 12.3 Å². The third-order valence-corrected chi connectivity index (χ3v) is 3.10. The number of nitrogens with zero attached hydrogens (tertiary/aromatic N) is 1. The summed E-state index contributed by atoms with van der Waals surface area (Å²) in [5.41, 5.74) is 2.28. The van der Waals surface area contributed by atoms with E-state index in [-0.39, 0.29) is 0 Å². The second-order valence-corrected chi connectivity index (χ2v) is 4.67. The highest BCUT2D eigenvalue weighted by atomic mass is 16.5. The molecular formula is C17H22N2O2. The monoisotopic (exact) mass is 286 g/mol. The Bertz CT molecular complexity index is 558. The summed E-state index contributed by atoms with van der Waals surface area (Å²) in [7, 11) is 0. The van der Waals surface area contributed by atoms with Crippen molar-refractivity contribution >= 4 is 0 Å². The highest BCUT2D eigenvalue weighted by molar-refractivity contribution is 5.39. The minimum Gasteiger partial charge on any atom is -0.490 e. The van der Waals surface area contributed by atoms with Crippen molar-refractivity contribution in [3.8, 4) is 11.5 Å². The van der Waals surface area contributed by atoms with Crippen LogP contribution in [0, 0.1) is 6.92 Å². The number of rotatable bonds is 8. The lowest BCUT2D eigenvalue weighted by atomic mass is 10.2. The molecule has 0 bridgehead atoms. The zero-order chi connectivity index (χ0) is 14.9. The summed E-state index contributed by atoms with van der Waals surface area (Å²) >= 11 is 0. The van der Waals surface area contributed by atoms with Crippen LogP contribution >= 0.6 is 0 Å². The first-order chi connectivity index (χ1) is 10.3. The van der Waals surface area contributed by atoms with Crippen molar-refractivity contribution in [2.45, 2.75) is 20.4 Å². The van der Waals surface area contributed by atoms with Gasteiger partial charge in [0.2, 0.25) is 0 Å². The lowest BCUT2D eigenvalue weighted by Crippen LogP contribution is -2.21. The van der Waals surface area contributed by atoms with Gasteiger partial charge in [0, 0.05) is 19.3 Å². The van der Waals surface area contributed by atoms with Gasteiger partial charge in [-0.15, -0.1) is 0 Å². The highest BCUT2D eigenvalue weighted by Crippen LogP contribution is 2.25. The molecule has 0 aliphatic heterocycles. The van der Waals surface area contributed by atoms with Crippen LogP contribution in [0.4, 0.5) is 0 Å².